The average Bonchev–Trinajstić information content (AvgIpc) is 2.17. The quantitative estimate of drug-likeness (QED) is 0.674. The summed E-state index contributed by atoms with van der Waals surface area (Å²) in [5.41, 5.74) is 4.39. The van der Waals surface area contributed by atoms with Crippen LogP contribution in [0.3, 0.4) is 0 Å². The zero-order valence-electron chi connectivity index (χ0n) is 9.55. The molecule has 15 heavy (non-hydrogen) atoms. The average molecular weight is 202 g/mol. The molecule has 1 aliphatic rings. The molecule has 1 aromatic carbocycles. The predicted molar refractivity (Wildman–Crippen MR) is 62.2 cm³/mol. The largest absolute Gasteiger partial charge is 0.303 e. The fraction of sp³-hybridized carbons (Fsp3) is 0.500. The summed E-state index contributed by atoms with van der Waals surface area (Å²) in [4.78, 5) is 10.5. The van der Waals surface area contributed by atoms with E-state index < -0.39 is 0 Å². The molecule has 2 rings (SSSR count). The molecule has 0 saturated heterocycles. The van der Waals surface area contributed by atoms with Gasteiger partial charge in [-0.3, -0.25) is 0 Å². The van der Waals surface area contributed by atoms with Crippen LogP contribution in [-0.4, -0.2) is 6.29 Å². The van der Waals surface area contributed by atoms with Crippen molar-refractivity contribution in [2.45, 2.75) is 44.9 Å². The Morgan fingerprint density at radius 3 is 2.93 bits per heavy atom. The van der Waals surface area contributed by atoms with E-state index in [2.05, 4.69) is 32.0 Å². The molecule has 0 heterocycles. The fourth-order valence-corrected chi connectivity index (χ4v) is 2.59. The molecule has 0 unspecified atom stereocenters. The molecule has 0 N–H and O–H groups in total. The Hall–Kier alpha value is -1.11. The highest BCUT2D eigenvalue weighted by Gasteiger charge is 2.26. The molecule has 0 radical (unpaired) electrons. The van der Waals surface area contributed by atoms with Crippen LogP contribution < -0.4 is 0 Å². The second kappa shape index (κ2) is 3.80. The Balaban J connectivity index is 2.40. The van der Waals surface area contributed by atoms with E-state index in [1.807, 2.05) is 0 Å². The van der Waals surface area contributed by atoms with Crippen molar-refractivity contribution >= 4 is 6.29 Å². The summed E-state index contributed by atoms with van der Waals surface area (Å²) in [7, 11) is 0. The highest BCUT2D eigenvalue weighted by atomic mass is 16.1. The first kappa shape index (κ1) is 10.4. The van der Waals surface area contributed by atoms with E-state index in [0.29, 0.717) is 11.8 Å². The van der Waals surface area contributed by atoms with Crippen molar-refractivity contribution in [3.8, 4) is 0 Å². The van der Waals surface area contributed by atoms with Gasteiger partial charge in [-0.1, -0.05) is 32.0 Å². The van der Waals surface area contributed by atoms with Crippen LogP contribution in [-0.2, 0) is 23.1 Å². The zero-order chi connectivity index (χ0) is 10.9. The van der Waals surface area contributed by atoms with Gasteiger partial charge < -0.3 is 4.79 Å². The van der Waals surface area contributed by atoms with Crippen molar-refractivity contribution in [1.29, 1.82) is 0 Å². The Labute approximate surface area is 91.5 Å². The van der Waals surface area contributed by atoms with Crippen LogP contribution in [0.25, 0.3) is 0 Å². The van der Waals surface area contributed by atoms with E-state index in [-0.39, 0.29) is 0 Å². The van der Waals surface area contributed by atoms with Gasteiger partial charge >= 0.3 is 0 Å². The minimum absolute atomic E-state index is 0.313. The van der Waals surface area contributed by atoms with Crippen molar-refractivity contribution in [2.24, 2.45) is 0 Å². The number of hydrogen-bond donors (Lipinski definition) is 0. The van der Waals surface area contributed by atoms with E-state index in [0.717, 1.165) is 11.8 Å². The molecule has 1 aliphatic carbocycles. The molecule has 1 aromatic rings. The molecule has 0 amide bonds. The Morgan fingerprint density at radius 2 is 2.20 bits per heavy atom. The van der Waals surface area contributed by atoms with Crippen molar-refractivity contribution < 1.29 is 4.79 Å². The maximum Gasteiger partial charge on any atom is 0.124 e. The number of aryl methyl sites for hydroxylation is 1. The summed E-state index contributed by atoms with van der Waals surface area (Å²) in [5.74, 6) is 0. The molecule has 0 fully saturated rings. The number of hydrogen-bond acceptors (Lipinski definition) is 1. The summed E-state index contributed by atoms with van der Waals surface area (Å²) in [6, 6.07) is 6.53. The summed E-state index contributed by atoms with van der Waals surface area (Å²) in [6.45, 7) is 4.62. The maximum absolute atomic E-state index is 10.5. The lowest BCUT2D eigenvalue weighted by atomic mass is 9.72. The first-order chi connectivity index (χ1) is 7.13. The van der Waals surface area contributed by atoms with Crippen LogP contribution in [0.5, 0.6) is 0 Å². The SMILES string of the molecule is CC1(C)CCCc2cc(CC=O)ccc21. The third-order valence-corrected chi connectivity index (χ3v) is 3.47. The smallest absolute Gasteiger partial charge is 0.124 e. The summed E-state index contributed by atoms with van der Waals surface area (Å²) in [6.07, 6.45) is 5.24. The summed E-state index contributed by atoms with van der Waals surface area (Å²) >= 11 is 0. The van der Waals surface area contributed by atoms with Gasteiger partial charge in [0.05, 0.1) is 0 Å². The second-order valence-corrected chi connectivity index (χ2v) is 5.10. The van der Waals surface area contributed by atoms with E-state index in [4.69, 9.17) is 0 Å². The van der Waals surface area contributed by atoms with Crippen LogP contribution in [0.15, 0.2) is 18.2 Å². The lowest BCUT2D eigenvalue weighted by Crippen LogP contribution is -2.23. The van der Waals surface area contributed by atoms with Crippen molar-refractivity contribution in [3.05, 3.63) is 34.9 Å². The van der Waals surface area contributed by atoms with E-state index in [1.165, 1.54) is 30.4 Å². The van der Waals surface area contributed by atoms with E-state index >= 15 is 0 Å². The van der Waals surface area contributed by atoms with Gasteiger partial charge in [-0.25, -0.2) is 0 Å². The molecule has 80 valence electrons. The van der Waals surface area contributed by atoms with Gasteiger partial charge in [0.25, 0.3) is 0 Å². The second-order valence-electron chi connectivity index (χ2n) is 5.10. The number of rotatable bonds is 2. The number of carbonyl (C=O) groups excluding carboxylic acids is 1. The van der Waals surface area contributed by atoms with Crippen LogP contribution in [0.1, 0.15) is 43.4 Å². The Kier molecular flexibility index (Phi) is 2.64. The van der Waals surface area contributed by atoms with Crippen LogP contribution in [0.4, 0.5) is 0 Å². The van der Waals surface area contributed by atoms with Crippen molar-refractivity contribution in [1.82, 2.24) is 0 Å². The number of aldehydes is 1. The highest BCUT2D eigenvalue weighted by Crippen LogP contribution is 2.36. The molecule has 1 heteroatoms. The van der Waals surface area contributed by atoms with Gasteiger partial charge in [0.1, 0.15) is 6.29 Å². The first-order valence-electron chi connectivity index (χ1n) is 5.69. The van der Waals surface area contributed by atoms with Crippen LogP contribution in [0, 0.1) is 0 Å². The van der Waals surface area contributed by atoms with Gasteiger partial charge in [-0.05, 0) is 41.4 Å². The normalized spacial score (nSPS) is 18.3. The van der Waals surface area contributed by atoms with Gasteiger partial charge in [0, 0.05) is 6.42 Å². The van der Waals surface area contributed by atoms with Crippen LogP contribution in [0.2, 0.25) is 0 Å². The molecule has 0 aromatic heterocycles. The molecular weight excluding hydrogens is 184 g/mol. The van der Waals surface area contributed by atoms with E-state index in [9.17, 15) is 4.79 Å². The van der Waals surface area contributed by atoms with Gasteiger partial charge in [0.15, 0.2) is 0 Å². The fourth-order valence-electron chi connectivity index (χ4n) is 2.59. The Bertz CT molecular complexity index is 377. The molecular formula is C14H18O. The first-order valence-corrected chi connectivity index (χ1v) is 5.69. The third kappa shape index (κ3) is 1.97. The van der Waals surface area contributed by atoms with Crippen molar-refractivity contribution in [3.63, 3.8) is 0 Å². The van der Waals surface area contributed by atoms with E-state index in [1.54, 1.807) is 0 Å². The number of fused-ring (bicyclic) bond motifs is 1. The van der Waals surface area contributed by atoms with Gasteiger partial charge in [-0.2, -0.15) is 0 Å². The molecule has 0 spiro atoms. The lowest BCUT2D eigenvalue weighted by molar-refractivity contribution is -0.107. The van der Waals surface area contributed by atoms with Crippen LogP contribution >= 0.6 is 0 Å². The standard InChI is InChI=1S/C14H18O/c1-14(2)8-3-4-12-10-11(7-9-15)5-6-13(12)14/h5-6,9-10H,3-4,7-8H2,1-2H3. The van der Waals surface area contributed by atoms with Gasteiger partial charge in [0.2, 0.25) is 0 Å². The molecule has 1 nitrogen and oxygen atoms in total. The van der Waals surface area contributed by atoms with Crippen molar-refractivity contribution in [2.75, 3.05) is 0 Å². The summed E-state index contributed by atoms with van der Waals surface area (Å²) in [5, 5.41) is 0. The Morgan fingerprint density at radius 1 is 1.40 bits per heavy atom. The molecule has 0 bridgehead atoms. The minimum Gasteiger partial charge on any atom is -0.303 e. The topological polar surface area (TPSA) is 17.1 Å². The third-order valence-electron chi connectivity index (χ3n) is 3.47. The lowest BCUT2D eigenvalue weighted by Gasteiger charge is -2.32. The monoisotopic (exact) mass is 202 g/mol. The zero-order valence-corrected chi connectivity index (χ0v) is 9.55. The number of carbonyl (C=O) groups is 1. The number of benzene rings is 1. The maximum atomic E-state index is 10.5. The minimum atomic E-state index is 0.313. The highest BCUT2D eigenvalue weighted by molar-refractivity contribution is 5.55. The van der Waals surface area contributed by atoms with Gasteiger partial charge in [-0.15, -0.1) is 0 Å². The molecule has 0 aliphatic heterocycles. The molecule has 0 atom stereocenters. The summed E-state index contributed by atoms with van der Waals surface area (Å²) < 4.78 is 0. The molecule has 0 saturated carbocycles. The predicted octanol–water partition coefficient (Wildman–Crippen LogP) is 3.04.